The highest BCUT2D eigenvalue weighted by molar-refractivity contribution is 6.01. The Kier molecular flexibility index (Phi) is 13.3. The lowest BCUT2D eigenvalue weighted by Crippen LogP contribution is -2.38. The first-order valence-electron chi connectivity index (χ1n) is 12.2. The molecule has 34 heavy (non-hydrogen) atoms. The van der Waals surface area contributed by atoms with Gasteiger partial charge in [-0.2, -0.15) is 0 Å². The highest BCUT2D eigenvalue weighted by Crippen LogP contribution is 2.45. The second-order valence-electron chi connectivity index (χ2n) is 11.3. The average molecular weight is 476 g/mol. The normalized spacial score (nSPS) is 17.4. The summed E-state index contributed by atoms with van der Waals surface area (Å²) in [7, 11) is 0. The Morgan fingerprint density at radius 1 is 1.03 bits per heavy atom. The number of aromatic nitrogens is 1. The van der Waals surface area contributed by atoms with Crippen molar-refractivity contribution in [2.45, 2.75) is 88.0 Å². The van der Waals surface area contributed by atoms with Crippen LogP contribution in [0, 0.1) is 28.6 Å². The Labute approximate surface area is 205 Å². The molecule has 6 heteroatoms. The van der Waals surface area contributed by atoms with Gasteiger partial charge in [0.1, 0.15) is 23.9 Å². The van der Waals surface area contributed by atoms with Crippen molar-refractivity contribution in [2.24, 2.45) is 28.6 Å². The van der Waals surface area contributed by atoms with Crippen LogP contribution in [-0.2, 0) is 14.4 Å². The van der Waals surface area contributed by atoms with E-state index in [-0.39, 0.29) is 53.4 Å². The van der Waals surface area contributed by atoms with E-state index < -0.39 is 0 Å². The lowest BCUT2D eigenvalue weighted by Gasteiger charge is -2.42. The molecule has 0 bridgehead atoms. The Morgan fingerprint density at radius 2 is 1.59 bits per heavy atom. The number of Topliss-reactive ketones (excluding diaryl/α,β-unsaturated/α-hetero) is 4. The van der Waals surface area contributed by atoms with Crippen molar-refractivity contribution in [1.82, 2.24) is 4.98 Å². The predicted octanol–water partition coefficient (Wildman–Crippen LogP) is 5.51. The van der Waals surface area contributed by atoms with Crippen LogP contribution in [0.15, 0.2) is 24.4 Å². The number of aliphatic hydroxyl groups is 1. The van der Waals surface area contributed by atoms with E-state index in [1.165, 1.54) is 0 Å². The summed E-state index contributed by atoms with van der Waals surface area (Å²) in [5.74, 6) is 1.04. The quantitative estimate of drug-likeness (QED) is 0.412. The molecule has 2 rings (SSSR count). The standard InChI is InChI=1S/C10H18O2.C9H11NO.C9H16O2/c1-10(2,3)8-4-7(5-8)9(12)6-11;1-7(2)9(11)8-5-3-4-6-10-8;1-5-7(10)6-8(11)9(2,3)4/h7-8,11H,4-6H2,1-3H3;3-7H,1-2H3;5-6H2,1-4H3. The number of rotatable bonds is 7. The summed E-state index contributed by atoms with van der Waals surface area (Å²) in [5, 5.41) is 8.61. The van der Waals surface area contributed by atoms with Gasteiger partial charge in [-0.15, -0.1) is 0 Å². The van der Waals surface area contributed by atoms with Gasteiger partial charge in [-0.3, -0.25) is 24.2 Å². The smallest absolute Gasteiger partial charge is 0.183 e. The highest BCUT2D eigenvalue weighted by atomic mass is 16.3. The van der Waals surface area contributed by atoms with Crippen LogP contribution in [0.1, 0.15) is 98.5 Å². The van der Waals surface area contributed by atoms with Crippen LogP contribution in [0.5, 0.6) is 0 Å². The number of aliphatic hydroxyl groups excluding tert-OH is 1. The number of carbonyl (C=O) groups is 4. The van der Waals surface area contributed by atoms with Gasteiger partial charge in [-0.1, -0.05) is 68.4 Å². The molecule has 1 aliphatic rings. The maximum atomic E-state index is 11.3. The number of ketones is 4. The van der Waals surface area contributed by atoms with Gasteiger partial charge in [-0.25, -0.2) is 0 Å². The van der Waals surface area contributed by atoms with Gasteiger partial charge in [0.05, 0.1) is 6.42 Å². The van der Waals surface area contributed by atoms with Crippen molar-refractivity contribution in [3.63, 3.8) is 0 Å². The van der Waals surface area contributed by atoms with E-state index in [1.54, 1.807) is 25.3 Å². The highest BCUT2D eigenvalue weighted by Gasteiger charge is 2.39. The zero-order valence-electron chi connectivity index (χ0n) is 22.6. The van der Waals surface area contributed by atoms with Gasteiger partial charge in [0, 0.05) is 29.9 Å². The molecule has 1 aliphatic carbocycles. The number of hydrogen-bond acceptors (Lipinski definition) is 6. The predicted molar refractivity (Wildman–Crippen MR) is 136 cm³/mol. The molecular formula is C28H45NO5. The molecule has 0 aromatic carbocycles. The maximum absolute atomic E-state index is 11.3. The Morgan fingerprint density at radius 3 is 1.94 bits per heavy atom. The lowest BCUT2D eigenvalue weighted by molar-refractivity contribution is -0.132. The molecule has 1 aromatic rings. The van der Waals surface area contributed by atoms with Gasteiger partial charge in [0.25, 0.3) is 0 Å². The number of pyridine rings is 1. The summed E-state index contributed by atoms with van der Waals surface area (Å²) in [5.41, 5.74) is 0.513. The molecule has 0 saturated heterocycles. The fourth-order valence-electron chi connectivity index (χ4n) is 3.09. The first kappa shape index (κ1) is 31.8. The first-order valence-corrected chi connectivity index (χ1v) is 12.2. The maximum Gasteiger partial charge on any atom is 0.183 e. The summed E-state index contributed by atoms with van der Waals surface area (Å²) in [6.07, 6.45) is 4.14. The summed E-state index contributed by atoms with van der Waals surface area (Å²) < 4.78 is 0. The summed E-state index contributed by atoms with van der Waals surface area (Å²) in [4.78, 5) is 48.3. The van der Waals surface area contributed by atoms with Crippen LogP contribution in [0.25, 0.3) is 0 Å². The third-order valence-corrected chi connectivity index (χ3v) is 6.00. The molecule has 0 unspecified atom stereocenters. The van der Waals surface area contributed by atoms with Crippen molar-refractivity contribution < 1.29 is 24.3 Å². The van der Waals surface area contributed by atoms with E-state index in [9.17, 15) is 19.2 Å². The van der Waals surface area contributed by atoms with E-state index >= 15 is 0 Å². The second-order valence-corrected chi connectivity index (χ2v) is 11.3. The van der Waals surface area contributed by atoms with Crippen molar-refractivity contribution in [1.29, 1.82) is 0 Å². The average Bonchev–Trinajstić information content (AvgIpc) is 2.71. The first-order chi connectivity index (χ1) is 15.5. The third kappa shape index (κ3) is 11.8. The van der Waals surface area contributed by atoms with Crippen molar-refractivity contribution in [3.8, 4) is 0 Å². The molecule has 0 aliphatic heterocycles. The Bertz CT molecular complexity index is 794. The molecule has 1 saturated carbocycles. The Balaban J connectivity index is 0.000000481. The van der Waals surface area contributed by atoms with E-state index in [0.29, 0.717) is 23.4 Å². The number of carbonyl (C=O) groups excluding carboxylic acids is 4. The fraction of sp³-hybridized carbons (Fsp3) is 0.679. The lowest BCUT2D eigenvalue weighted by atomic mass is 9.62. The summed E-state index contributed by atoms with van der Waals surface area (Å²) in [6.45, 7) is 17.4. The van der Waals surface area contributed by atoms with Gasteiger partial charge in [-0.05, 0) is 36.3 Å². The largest absolute Gasteiger partial charge is 0.389 e. The molecule has 0 atom stereocenters. The van der Waals surface area contributed by atoms with Crippen LogP contribution < -0.4 is 0 Å². The molecular weight excluding hydrogens is 430 g/mol. The van der Waals surface area contributed by atoms with Gasteiger partial charge < -0.3 is 5.11 Å². The minimum absolute atomic E-state index is 0.0236. The van der Waals surface area contributed by atoms with Gasteiger partial charge >= 0.3 is 0 Å². The van der Waals surface area contributed by atoms with Crippen LogP contribution in [-0.4, -0.2) is 39.8 Å². The zero-order chi connectivity index (χ0) is 26.7. The van der Waals surface area contributed by atoms with E-state index in [1.807, 2.05) is 40.7 Å². The van der Waals surface area contributed by atoms with Gasteiger partial charge in [0.15, 0.2) is 11.6 Å². The Hall–Kier alpha value is -2.21. The van der Waals surface area contributed by atoms with Crippen LogP contribution in [0.2, 0.25) is 0 Å². The number of nitrogens with zero attached hydrogens (tertiary/aromatic N) is 1. The van der Waals surface area contributed by atoms with Crippen molar-refractivity contribution in [2.75, 3.05) is 6.61 Å². The fourth-order valence-corrected chi connectivity index (χ4v) is 3.09. The van der Waals surface area contributed by atoms with Crippen LogP contribution in [0.4, 0.5) is 0 Å². The zero-order valence-corrected chi connectivity index (χ0v) is 22.6. The third-order valence-electron chi connectivity index (χ3n) is 6.00. The SMILES string of the molecule is CC(C)(C)C1CC(C(=O)CO)C1.CC(C)C(=O)c1ccccn1.CCC(=O)CC(=O)C(C)(C)C. The van der Waals surface area contributed by atoms with Gasteiger partial charge in [0.2, 0.25) is 0 Å². The minimum Gasteiger partial charge on any atom is -0.389 e. The molecule has 192 valence electrons. The van der Waals surface area contributed by atoms with Crippen LogP contribution >= 0.6 is 0 Å². The molecule has 1 N–H and O–H groups in total. The molecule has 0 spiro atoms. The second kappa shape index (κ2) is 14.2. The molecule has 0 amide bonds. The van der Waals surface area contributed by atoms with Crippen LogP contribution in [0.3, 0.4) is 0 Å². The van der Waals surface area contributed by atoms with Crippen molar-refractivity contribution in [3.05, 3.63) is 30.1 Å². The topological polar surface area (TPSA) is 101 Å². The molecule has 1 heterocycles. The number of hydrogen-bond donors (Lipinski definition) is 1. The van der Waals surface area contributed by atoms with E-state index in [0.717, 1.165) is 12.8 Å². The minimum atomic E-state index is -0.370. The molecule has 0 radical (unpaired) electrons. The van der Waals surface area contributed by atoms with E-state index in [2.05, 4.69) is 25.8 Å². The molecule has 6 nitrogen and oxygen atoms in total. The molecule has 1 aromatic heterocycles. The van der Waals surface area contributed by atoms with Crippen molar-refractivity contribution >= 4 is 23.1 Å². The summed E-state index contributed by atoms with van der Waals surface area (Å²) >= 11 is 0. The molecule has 1 fully saturated rings. The summed E-state index contributed by atoms with van der Waals surface area (Å²) in [6, 6.07) is 5.36. The monoisotopic (exact) mass is 475 g/mol. The van der Waals surface area contributed by atoms with E-state index in [4.69, 9.17) is 5.11 Å².